The van der Waals surface area contributed by atoms with Crippen LogP contribution in [0.5, 0.6) is 0 Å². The summed E-state index contributed by atoms with van der Waals surface area (Å²) in [6, 6.07) is 0. The topological polar surface area (TPSA) is 218 Å². The standard InChI is InChI=1S/CH17N13P2S3/c2-1(17)14(13-16(19,9-5)10-6)11-12-15(18,7-3)8-4/h11H,3-6H2,(H2,2,17)(H3,7,8,12,18)(H3,9,10,13,19). The van der Waals surface area contributed by atoms with E-state index < -0.39 is 13.0 Å². The van der Waals surface area contributed by atoms with Crippen LogP contribution < -0.4 is 65.8 Å². The van der Waals surface area contributed by atoms with Crippen molar-refractivity contribution in [1.82, 2.24) is 41.8 Å². The van der Waals surface area contributed by atoms with Crippen molar-refractivity contribution >= 4 is 53.9 Å². The SMILES string of the molecule is NNP(=S)(NN)NNN(NP(=S)(NN)NN)C(N)=S. The summed E-state index contributed by atoms with van der Waals surface area (Å²) in [5.74, 6) is 21.0. The summed E-state index contributed by atoms with van der Waals surface area (Å²) in [6.45, 7) is -5.37. The van der Waals surface area contributed by atoms with E-state index in [1.807, 2.05) is 0 Å². The van der Waals surface area contributed by atoms with Crippen molar-refractivity contribution in [2.45, 2.75) is 0 Å². The van der Waals surface area contributed by atoms with E-state index in [0.717, 1.165) is 5.12 Å². The number of thiocarbonyl (C=S) groups is 1. The van der Waals surface area contributed by atoms with Crippen LogP contribution in [0.2, 0.25) is 0 Å². The predicted octanol–water partition coefficient (Wildman–Crippen LogP) is -4.65. The molecule has 0 radical (unpaired) electrons. The van der Waals surface area contributed by atoms with Gasteiger partial charge in [-0.3, -0.25) is 23.4 Å². The summed E-state index contributed by atoms with van der Waals surface area (Å²) in [5.41, 5.74) is 7.99. The van der Waals surface area contributed by atoms with E-state index in [2.05, 4.69) is 36.7 Å². The van der Waals surface area contributed by atoms with Gasteiger partial charge in [0.15, 0.2) is 18.1 Å². The molecule has 114 valence electrons. The maximum Gasteiger partial charge on any atom is 0.197 e. The summed E-state index contributed by atoms with van der Waals surface area (Å²) in [5, 5.41) is 15.3. The normalized spacial score (nSPS) is 12.4. The molecular formula is CH17N13P2S3. The highest BCUT2D eigenvalue weighted by Crippen LogP contribution is 2.28. The maximum atomic E-state index is 5.47. The van der Waals surface area contributed by atoms with Crippen LogP contribution in [0.15, 0.2) is 0 Å². The molecule has 0 aromatic heterocycles. The third-order valence-corrected chi connectivity index (χ3v) is 5.82. The molecule has 0 saturated carbocycles. The summed E-state index contributed by atoms with van der Waals surface area (Å²) >= 11 is 14.9. The van der Waals surface area contributed by atoms with Gasteiger partial charge in [-0.2, -0.15) is 15.5 Å². The van der Waals surface area contributed by atoms with Crippen LogP contribution in [0.4, 0.5) is 0 Å². The average molecular weight is 369 g/mol. The molecule has 18 heteroatoms. The van der Waals surface area contributed by atoms with Gasteiger partial charge < -0.3 is 5.73 Å². The second kappa shape index (κ2) is 8.75. The first-order valence-corrected chi connectivity index (χ1v) is 10.3. The Labute approximate surface area is 125 Å². The fourth-order valence-electron chi connectivity index (χ4n) is 0.587. The number of nitrogens with zero attached hydrogens (tertiary/aromatic N) is 1. The third kappa shape index (κ3) is 6.69. The van der Waals surface area contributed by atoms with Gasteiger partial charge >= 0.3 is 0 Å². The van der Waals surface area contributed by atoms with E-state index in [-0.39, 0.29) is 5.11 Å². The second-order valence-electron chi connectivity index (χ2n) is 2.73. The fourth-order valence-corrected chi connectivity index (χ4v) is 2.19. The molecule has 0 rings (SSSR count). The van der Waals surface area contributed by atoms with Crippen LogP contribution >= 0.6 is 25.2 Å². The first kappa shape index (κ1) is 19.6. The van der Waals surface area contributed by atoms with Crippen molar-refractivity contribution in [3.63, 3.8) is 0 Å². The van der Waals surface area contributed by atoms with Crippen LogP contribution in [-0.4, -0.2) is 10.2 Å². The van der Waals surface area contributed by atoms with Gasteiger partial charge in [0.05, 0.1) is 0 Å². The molecule has 17 N–H and O–H groups in total. The Balaban J connectivity index is 4.74. The minimum absolute atomic E-state index is 0.122. The van der Waals surface area contributed by atoms with Crippen LogP contribution in [-0.2, 0) is 23.6 Å². The molecule has 19 heavy (non-hydrogen) atoms. The lowest BCUT2D eigenvalue weighted by molar-refractivity contribution is 0.264. The van der Waals surface area contributed by atoms with E-state index in [0.29, 0.717) is 0 Å². The number of hydrogen-bond acceptors (Lipinski definition) is 8. The molecule has 0 aromatic rings. The molecule has 0 heterocycles. The summed E-state index contributed by atoms with van der Waals surface area (Å²) in [4.78, 5) is 0. The van der Waals surface area contributed by atoms with E-state index >= 15 is 0 Å². The monoisotopic (exact) mass is 369 g/mol. The molecule has 0 bridgehead atoms. The lowest BCUT2D eigenvalue weighted by atomic mass is 11.2. The number of hydrazine groups is 7. The van der Waals surface area contributed by atoms with Gasteiger partial charge in [-0.25, -0.2) is 20.8 Å². The van der Waals surface area contributed by atoms with Crippen molar-refractivity contribution in [2.24, 2.45) is 29.1 Å². The van der Waals surface area contributed by atoms with Crippen molar-refractivity contribution < 1.29 is 0 Å². The summed E-state index contributed by atoms with van der Waals surface area (Å²) < 4.78 is 0. The van der Waals surface area contributed by atoms with Crippen LogP contribution in [0.1, 0.15) is 0 Å². The Bertz CT molecular complexity index is 366. The molecule has 0 fully saturated rings. The average Bonchev–Trinajstić information content (AvgIpc) is 2.42. The first-order valence-electron chi connectivity index (χ1n) is 4.28. The largest absolute Gasteiger partial charge is 0.374 e. The molecule has 0 aliphatic carbocycles. The zero-order chi connectivity index (χ0) is 15.1. The summed E-state index contributed by atoms with van der Waals surface area (Å²) in [6.07, 6.45) is 0. The van der Waals surface area contributed by atoms with Gasteiger partial charge in [0.25, 0.3) is 0 Å². The highest BCUT2D eigenvalue weighted by Gasteiger charge is 2.20. The Morgan fingerprint density at radius 3 is 1.63 bits per heavy atom. The zero-order valence-electron chi connectivity index (χ0n) is 9.45. The van der Waals surface area contributed by atoms with Crippen LogP contribution in [0.25, 0.3) is 0 Å². The van der Waals surface area contributed by atoms with Gasteiger partial charge in [-0.1, -0.05) is 0 Å². The Hall–Kier alpha value is 0.550. The van der Waals surface area contributed by atoms with E-state index in [1.165, 1.54) is 0 Å². The first-order chi connectivity index (χ1) is 8.75. The van der Waals surface area contributed by atoms with Gasteiger partial charge in [0, 0.05) is 0 Å². The minimum atomic E-state index is -2.72. The quantitative estimate of drug-likeness (QED) is 0.0795. The summed E-state index contributed by atoms with van der Waals surface area (Å²) in [7, 11) is 0. The molecule has 0 spiro atoms. The third-order valence-electron chi connectivity index (χ3n) is 1.51. The number of nitrogens with one attached hydrogen (secondary N) is 7. The van der Waals surface area contributed by atoms with E-state index in [9.17, 15) is 0 Å². The zero-order valence-corrected chi connectivity index (χ0v) is 13.7. The molecule has 0 aromatic carbocycles. The van der Waals surface area contributed by atoms with Gasteiger partial charge in [-0.05, 0) is 35.8 Å². The minimum Gasteiger partial charge on any atom is -0.374 e. The maximum absolute atomic E-state index is 5.47. The molecule has 0 aliphatic heterocycles. The smallest absolute Gasteiger partial charge is 0.197 e. The lowest BCUT2D eigenvalue weighted by Gasteiger charge is -2.32. The number of rotatable bonds is 9. The highest BCUT2D eigenvalue weighted by molar-refractivity contribution is 8.12. The molecule has 0 aliphatic rings. The Kier molecular flexibility index (Phi) is 9.01. The van der Waals surface area contributed by atoms with Crippen molar-refractivity contribution in [2.75, 3.05) is 0 Å². The second-order valence-corrected chi connectivity index (χ2v) is 10.3. The van der Waals surface area contributed by atoms with Gasteiger partial charge in [0.2, 0.25) is 0 Å². The lowest BCUT2D eigenvalue weighted by Crippen LogP contribution is -2.61. The predicted molar refractivity (Wildman–Crippen MR) is 85.9 cm³/mol. The number of nitrogens with two attached hydrogens (primary N) is 5. The van der Waals surface area contributed by atoms with Crippen LogP contribution in [0, 0.1) is 0 Å². The Morgan fingerprint density at radius 2 is 1.32 bits per heavy atom. The molecule has 0 unspecified atom stereocenters. The Morgan fingerprint density at radius 1 is 0.895 bits per heavy atom. The van der Waals surface area contributed by atoms with Crippen LogP contribution in [0.3, 0.4) is 0 Å². The van der Waals surface area contributed by atoms with E-state index in [1.54, 1.807) is 0 Å². The highest BCUT2D eigenvalue weighted by atomic mass is 32.5. The van der Waals surface area contributed by atoms with E-state index in [4.69, 9.17) is 64.9 Å². The van der Waals surface area contributed by atoms with Crippen molar-refractivity contribution in [1.29, 1.82) is 0 Å². The van der Waals surface area contributed by atoms with Crippen molar-refractivity contribution in [3.8, 4) is 0 Å². The number of hydrogen-bond donors (Lipinski definition) is 12. The van der Waals surface area contributed by atoms with Gasteiger partial charge in [-0.15, -0.1) is 5.53 Å². The molecule has 0 amide bonds. The van der Waals surface area contributed by atoms with Gasteiger partial charge in [0.1, 0.15) is 0 Å². The molecule has 0 saturated heterocycles. The van der Waals surface area contributed by atoms with Crippen molar-refractivity contribution in [3.05, 3.63) is 0 Å². The fraction of sp³-hybridized carbons (Fsp3) is 0. The molecular weight excluding hydrogens is 352 g/mol. The molecule has 0 atom stereocenters. The molecule has 13 nitrogen and oxygen atoms in total.